The Morgan fingerprint density at radius 1 is 1.19 bits per heavy atom. The van der Waals surface area contributed by atoms with Gasteiger partial charge in [0.05, 0.1) is 0 Å². The van der Waals surface area contributed by atoms with Gasteiger partial charge >= 0.3 is 0 Å². The van der Waals surface area contributed by atoms with Gasteiger partial charge in [0.25, 0.3) is 11.1 Å². The number of rotatable bonds is 6. The first-order chi connectivity index (χ1) is 10.3. The van der Waals surface area contributed by atoms with Gasteiger partial charge in [0.2, 0.25) is 0 Å². The lowest BCUT2D eigenvalue weighted by Gasteiger charge is -1.93. The summed E-state index contributed by atoms with van der Waals surface area (Å²) in [6, 6.07) is 7.31. The maximum atomic E-state index is 5.96. The van der Waals surface area contributed by atoms with Crippen LogP contribution in [0.4, 0.5) is 0 Å². The minimum atomic E-state index is 0.390. The summed E-state index contributed by atoms with van der Waals surface area (Å²) in [5.41, 5.74) is 0.749. The standard InChI is InChI=1S/C14H13ClN2O2S2/c1-2-3-6-20-21-14-17-16-13(19-14)12-8-9-7-10(15)4-5-11(9)18-12/h4-5,7-8H,2-3,6H2,1H3. The van der Waals surface area contributed by atoms with Crippen molar-refractivity contribution in [2.45, 2.75) is 25.0 Å². The number of aromatic nitrogens is 2. The Morgan fingerprint density at radius 3 is 2.95 bits per heavy atom. The first-order valence-corrected chi connectivity index (χ1v) is 9.28. The largest absolute Gasteiger partial charge is 0.451 e. The second-order valence-corrected chi connectivity index (χ2v) is 7.23. The first-order valence-electron chi connectivity index (χ1n) is 6.58. The molecule has 0 bridgehead atoms. The fraction of sp³-hybridized carbons (Fsp3) is 0.286. The highest BCUT2D eigenvalue weighted by Gasteiger charge is 2.14. The normalized spacial score (nSPS) is 11.3. The van der Waals surface area contributed by atoms with Crippen molar-refractivity contribution >= 4 is 44.2 Å². The summed E-state index contributed by atoms with van der Waals surface area (Å²) in [5, 5.41) is 10.2. The van der Waals surface area contributed by atoms with Gasteiger partial charge < -0.3 is 8.83 Å². The zero-order valence-electron chi connectivity index (χ0n) is 11.3. The molecule has 110 valence electrons. The molecule has 0 N–H and O–H groups in total. The fourth-order valence-electron chi connectivity index (χ4n) is 1.76. The van der Waals surface area contributed by atoms with Gasteiger partial charge in [-0.1, -0.05) is 40.8 Å². The number of benzene rings is 1. The predicted octanol–water partition coefficient (Wildman–Crippen LogP) is 5.68. The molecule has 4 nitrogen and oxygen atoms in total. The molecule has 0 fully saturated rings. The minimum absolute atomic E-state index is 0.390. The molecular weight excluding hydrogens is 328 g/mol. The van der Waals surface area contributed by atoms with Gasteiger partial charge in [0.1, 0.15) is 5.58 Å². The summed E-state index contributed by atoms with van der Waals surface area (Å²) in [4.78, 5) is 0. The second kappa shape index (κ2) is 6.77. The van der Waals surface area contributed by atoms with E-state index in [1.54, 1.807) is 16.9 Å². The number of hydrogen-bond acceptors (Lipinski definition) is 6. The molecule has 0 atom stereocenters. The highest BCUT2D eigenvalue weighted by Crippen LogP contribution is 2.34. The van der Waals surface area contributed by atoms with Crippen LogP contribution in [-0.4, -0.2) is 16.0 Å². The molecule has 21 heavy (non-hydrogen) atoms. The van der Waals surface area contributed by atoms with Crippen molar-refractivity contribution in [1.82, 2.24) is 10.2 Å². The highest BCUT2D eigenvalue weighted by atomic mass is 35.5. The van der Waals surface area contributed by atoms with Gasteiger partial charge in [-0.25, -0.2) is 0 Å². The molecule has 0 saturated carbocycles. The van der Waals surface area contributed by atoms with Crippen molar-refractivity contribution in [3.63, 3.8) is 0 Å². The van der Waals surface area contributed by atoms with Crippen LogP contribution in [0.3, 0.4) is 0 Å². The lowest BCUT2D eigenvalue weighted by atomic mass is 10.2. The van der Waals surface area contributed by atoms with E-state index in [0.29, 0.717) is 21.9 Å². The maximum absolute atomic E-state index is 5.96. The first kappa shape index (κ1) is 14.8. The molecule has 7 heteroatoms. The molecule has 0 spiro atoms. The average molecular weight is 341 g/mol. The van der Waals surface area contributed by atoms with E-state index in [1.807, 2.05) is 18.2 Å². The van der Waals surface area contributed by atoms with Crippen LogP contribution >= 0.6 is 33.2 Å². The van der Waals surface area contributed by atoms with E-state index in [2.05, 4.69) is 17.1 Å². The maximum Gasteiger partial charge on any atom is 0.287 e. The summed E-state index contributed by atoms with van der Waals surface area (Å²) >= 11 is 5.96. The van der Waals surface area contributed by atoms with Crippen LogP contribution in [0.1, 0.15) is 19.8 Å². The van der Waals surface area contributed by atoms with E-state index < -0.39 is 0 Å². The van der Waals surface area contributed by atoms with Crippen molar-refractivity contribution in [3.05, 3.63) is 29.3 Å². The van der Waals surface area contributed by atoms with E-state index in [-0.39, 0.29) is 0 Å². The number of nitrogens with zero attached hydrogens (tertiary/aromatic N) is 2. The summed E-state index contributed by atoms with van der Waals surface area (Å²) in [7, 11) is 3.22. The van der Waals surface area contributed by atoms with E-state index in [9.17, 15) is 0 Å². The Hall–Kier alpha value is -1.11. The molecule has 2 heterocycles. The summed E-state index contributed by atoms with van der Waals surface area (Å²) in [6.07, 6.45) is 2.37. The Balaban J connectivity index is 1.75. The Kier molecular flexibility index (Phi) is 4.77. The van der Waals surface area contributed by atoms with Crippen LogP contribution in [0, 0.1) is 0 Å². The topological polar surface area (TPSA) is 52.1 Å². The zero-order valence-corrected chi connectivity index (χ0v) is 13.7. The van der Waals surface area contributed by atoms with E-state index in [4.69, 9.17) is 20.4 Å². The van der Waals surface area contributed by atoms with Gasteiger partial charge in [0.15, 0.2) is 5.76 Å². The minimum Gasteiger partial charge on any atom is -0.451 e. The summed E-state index contributed by atoms with van der Waals surface area (Å²) in [5.74, 6) is 2.02. The monoisotopic (exact) mass is 340 g/mol. The average Bonchev–Trinajstić information content (AvgIpc) is 3.09. The summed E-state index contributed by atoms with van der Waals surface area (Å²) < 4.78 is 11.3. The Morgan fingerprint density at radius 2 is 2.10 bits per heavy atom. The van der Waals surface area contributed by atoms with Crippen LogP contribution in [0.2, 0.25) is 5.02 Å². The van der Waals surface area contributed by atoms with E-state index in [0.717, 1.165) is 16.7 Å². The van der Waals surface area contributed by atoms with Crippen molar-refractivity contribution in [2.75, 3.05) is 5.75 Å². The number of fused-ring (bicyclic) bond motifs is 1. The predicted molar refractivity (Wildman–Crippen MR) is 87.7 cm³/mol. The third-order valence-corrected chi connectivity index (χ3v) is 5.20. The van der Waals surface area contributed by atoms with Gasteiger partial charge in [-0.05, 0) is 30.7 Å². The van der Waals surface area contributed by atoms with Gasteiger partial charge in [-0.3, -0.25) is 0 Å². The number of unbranched alkanes of at least 4 members (excludes halogenated alkanes) is 1. The molecule has 1 aromatic carbocycles. The highest BCUT2D eigenvalue weighted by molar-refractivity contribution is 8.76. The molecule has 0 unspecified atom stereocenters. The van der Waals surface area contributed by atoms with Gasteiger partial charge in [-0.2, -0.15) is 0 Å². The van der Waals surface area contributed by atoms with Crippen molar-refractivity contribution < 1.29 is 8.83 Å². The second-order valence-electron chi connectivity index (χ2n) is 4.42. The molecule has 0 amide bonds. The molecule has 0 aliphatic rings. The number of furan rings is 1. The van der Waals surface area contributed by atoms with Crippen LogP contribution in [0.15, 0.2) is 38.3 Å². The molecule has 0 aliphatic heterocycles. The fourth-order valence-corrected chi connectivity index (χ4v) is 3.82. The smallest absolute Gasteiger partial charge is 0.287 e. The van der Waals surface area contributed by atoms with Crippen LogP contribution in [0.25, 0.3) is 22.6 Å². The van der Waals surface area contributed by atoms with E-state index >= 15 is 0 Å². The van der Waals surface area contributed by atoms with Crippen molar-refractivity contribution in [3.8, 4) is 11.7 Å². The third kappa shape index (κ3) is 3.56. The van der Waals surface area contributed by atoms with Crippen molar-refractivity contribution in [1.29, 1.82) is 0 Å². The lowest BCUT2D eigenvalue weighted by molar-refractivity contribution is 0.453. The SMILES string of the molecule is CCCCSSc1nnc(-c2cc3cc(Cl)ccc3o2)o1. The number of hydrogen-bond donors (Lipinski definition) is 0. The van der Waals surface area contributed by atoms with Gasteiger partial charge in [0, 0.05) is 27.0 Å². The van der Waals surface area contributed by atoms with Crippen molar-refractivity contribution in [2.24, 2.45) is 0 Å². The van der Waals surface area contributed by atoms with Crippen LogP contribution < -0.4 is 0 Å². The number of halogens is 1. The van der Waals surface area contributed by atoms with Gasteiger partial charge in [-0.15, -0.1) is 5.10 Å². The molecule has 2 aromatic heterocycles. The molecule has 0 saturated heterocycles. The molecule has 0 radical (unpaired) electrons. The lowest BCUT2D eigenvalue weighted by Crippen LogP contribution is -1.73. The van der Waals surface area contributed by atoms with E-state index in [1.165, 1.54) is 23.6 Å². The molecule has 3 rings (SSSR count). The Bertz CT molecular complexity index is 741. The molecule has 0 aliphatic carbocycles. The quantitative estimate of drug-likeness (QED) is 0.425. The third-order valence-electron chi connectivity index (χ3n) is 2.81. The zero-order chi connectivity index (χ0) is 14.7. The molecular formula is C14H13ClN2O2S2. The molecule has 3 aromatic rings. The van der Waals surface area contributed by atoms with Crippen LogP contribution in [-0.2, 0) is 0 Å². The Labute approximate surface area is 135 Å². The summed E-state index contributed by atoms with van der Waals surface area (Å²) in [6.45, 7) is 2.17. The van der Waals surface area contributed by atoms with Crippen LogP contribution in [0.5, 0.6) is 0 Å².